The van der Waals surface area contributed by atoms with Crippen molar-refractivity contribution in [2.45, 2.75) is 51.6 Å². The Balaban J connectivity index is 1.27. The number of aromatic nitrogens is 2. The Labute approximate surface area is 256 Å². The third kappa shape index (κ3) is 6.98. The van der Waals surface area contributed by atoms with Crippen molar-refractivity contribution in [3.63, 3.8) is 0 Å². The zero-order valence-corrected chi connectivity index (χ0v) is 25.6. The van der Waals surface area contributed by atoms with E-state index in [1.165, 1.54) is 24.8 Å². The minimum atomic E-state index is -0.393. The third-order valence-electron chi connectivity index (χ3n) is 7.86. The molecule has 1 amide bonds. The van der Waals surface area contributed by atoms with Crippen LogP contribution in [0.4, 0.5) is 10.1 Å². The monoisotopic (exact) mass is 602 g/mol. The number of likely N-dealkylation sites (tertiary alicyclic amines) is 1. The topological polar surface area (TPSA) is 76.5 Å². The maximum absolute atomic E-state index is 13.7. The van der Waals surface area contributed by atoms with Crippen LogP contribution in [-0.2, 0) is 16.8 Å². The van der Waals surface area contributed by atoms with E-state index in [1.807, 2.05) is 57.2 Å². The van der Waals surface area contributed by atoms with E-state index in [4.69, 9.17) is 16.3 Å². The van der Waals surface area contributed by atoms with Crippen LogP contribution in [-0.4, -0.2) is 46.8 Å². The summed E-state index contributed by atoms with van der Waals surface area (Å²) in [6.07, 6.45) is 3.55. The van der Waals surface area contributed by atoms with Crippen molar-refractivity contribution in [2.24, 2.45) is 0 Å². The predicted octanol–water partition coefficient (Wildman–Crippen LogP) is 7.52. The molecule has 1 N–H and O–H groups in total. The molecule has 0 atom stereocenters. The van der Waals surface area contributed by atoms with Gasteiger partial charge in [-0.3, -0.25) is 14.4 Å². The van der Waals surface area contributed by atoms with Gasteiger partial charge < -0.3 is 10.1 Å². The normalized spacial score (nSPS) is 14.5. The van der Waals surface area contributed by atoms with E-state index in [9.17, 15) is 14.0 Å². The van der Waals surface area contributed by atoms with Crippen molar-refractivity contribution in [3.8, 4) is 11.3 Å². The number of nitrogens with one attached hydrogen (secondary N) is 1. The number of esters is 1. The fraction of sp³-hybridized carbons (Fsp3) is 0.324. The summed E-state index contributed by atoms with van der Waals surface area (Å²) < 4.78 is 20.3. The summed E-state index contributed by atoms with van der Waals surface area (Å²) in [5, 5.41) is 8.18. The van der Waals surface area contributed by atoms with Crippen LogP contribution in [0.5, 0.6) is 0 Å². The highest BCUT2D eigenvalue weighted by Gasteiger charge is 2.26. The number of benzene rings is 3. The molecule has 0 unspecified atom stereocenters. The summed E-state index contributed by atoms with van der Waals surface area (Å²) in [6.45, 7) is 8.49. The van der Waals surface area contributed by atoms with Crippen molar-refractivity contribution in [1.82, 2.24) is 14.7 Å². The smallest absolute Gasteiger partial charge is 0.337 e. The summed E-state index contributed by atoms with van der Waals surface area (Å²) in [5.41, 5.74) is 4.70. The molecule has 43 heavy (non-hydrogen) atoms. The first kappa shape index (κ1) is 30.4. The van der Waals surface area contributed by atoms with Gasteiger partial charge in [0.25, 0.3) is 5.91 Å². The van der Waals surface area contributed by atoms with Crippen LogP contribution in [0.2, 0.25) is 5.02 Å². The molecular formula is C34H36ClFN4O3. The number of ether oxygens (including phenoxy) is 1. The van der Waals surface area contributed by atoms with Crippen LogP contribution in [0.3, 0.4) is 0 Å². The third-order valence-corrected chi connectivity index (χ3v) is 8.22. The lowest BCUT2D eigenvalue weighted by Crippen LogP contribution is -2.32. The summed E-state index contributed by atoms with van der Waals surface area (Å²) >= 11 is 6.60. The van der Waals surface area contributed by atoms with Gasteiger partial charge in [0.1, 0.15) is 5.82 Å². The number of hydrogen-bond acceptors (Lipinski definition) is 5. The van der Waals surface area contributed by atoms with Gasteiger partial charge in [-0.1, -0.05) is 23.7 Å². The molecule has 0 aliphatic carbocycles. The molecule has 0 saturated carbocycles. The van der Waals surface area contributed by atoms with E-state index in [1.54, 1.807) is 29.1 Å². The van der Waals surface area contributed by atoms with Crippen LogP contribution in [0.15, 0.2) is 72.9 Å². The van der Waals surface area contributed by atoms with Gasteiger partial charge in [-0.25, -0.2) is 9.18 Å². The first-order valence-electron chi connectivity index (χ1n) is 14.4. The van der Waals surface area contributed by atoms with Gasteiger partial charge in [-0.05, 0) is 118 Å². The fourth-order valence-electron chi connectivity index (χ4n) is 5.56. The van der Waals surface area contributed by atoms with Crippen molar-refractivity contribution < 1.29 is 18.7 Å². The molecule has 0 bridgehead atoms. The number of carbonyl (C=O) groups is 2. The number of halogens is 2. The second kappa shape index (κ2) is 12.7. The van der Waals surface area contributed by atoms with Crippen molar-refractivity contribution >= 4 is 29.2 Å². The van der Waals surface area contributed by atoms with Crippen molar-refractivity contribution in [3.05, 3.63) is 106 Å². The molecule has 1 aromatic heterocycles. The molecule has 0 radical (unpaired) electrons. The number of anilines is 1. The van der Waals surface area contributed by atoms with Crippen LogP contribution in [0, 0.1) is 5.82 Å². The maximum atomic E-state index is 13.7. The number of rotatable bonds is 7. The predicted molar refractivity (Wildman–Crippen MR) is 167 cm³/mol. The summed E-state index contributed by atoms with van der Waals surface area (Å²) in [6, 6.07) is 19.3. The lowest BCUT2D eigenvalue weighted by molar-refractivity contribution is 0.0600. The molecule has 3 aromatic carbocycles. The number of piperidine rings is 1. The SMILES string of the molecule is COC(=O)c1ccc(C2CCN(Cc3cc(NC(=O)c4cnn(C(C)(C)C)c4-c4ccc(F)cc4)ccc3Cl)CC2)cc1. The highest BCUT2D eigenvalue weighted by Crippen LogP contribution is 2.32. The molecule has 4 aromatic rings. The van der Waals surface area contributed by atoms with Gasteiger partial charge in [0.2, 0.25) is 0 Å². The lowest BCUT2D eigenvalue weighted by atomic mass is 9.89. The number of nitrogens with zero attached hydrogens (tertiary/aromatic N) is 3. The van der Waals surface area contributed by atoms with E-state index in [0.29, 0.717) is 45.6 Å². The Morgan fingerprint density at radius 2 is 1.70 bits per heavy atom. The van der Waals surface area contributed by atoms with Gasteiger partial charge in [0.15, 0.2) is 0 Å². The first-order chi connectivity index (χ1) is 20.5. The maximum Gasteiger partial charge on any atom is 0.337 e. The van der Waals surface area contributed by atoms with Gasteiger partial charge in [-0.2, -0.15) is 5.10 Å². The summed E-state index contributed by atoms with van der Waals surface area (Å²) in [4.78, 5) is 27.7. The molecule has 5 rings (SSSR count). The first-order valence-corrected chi connectivity index (χ1v) is 14.8. The van der Waals surface area contributed by atoms with E-state index < -0.39 is 5.54 Å². The minimum absolute atomic E-state index is 0.304. The van der Waals surface area contributed by atoms with E-state index >= 15 is 0 Å². The number of methoxy groups -OCH3 is 1. The highest BCUT2D eigenvalue weighted by atomic mass is 35.5. The molecule has 7 nitrogen and oxygen atoms in total. The van der Waals surface area contributed by atoms with Crippen LogP contribution >= 0.6 is 11.6 Å². The second-order valence-electron chi connectivity index (χ2n) is 11.9. The molecular weight excluding hydrogens is 567 g/mol. The highest BCUT2D eigenvalue weighted by molar-refractivity contribution is 6.31. The molecule has 1 aliphatic rings. The Kier molecular flexibility index (Phi) is 8.99. The number of carbonyl (C=O) groups excluding carboxylic acids is 2. The molecule has 2 heterocycles. The Bertz CT molecular complexity index is 1600. The average molecular weight is 603 g/mol. The zero-order valence-electron chi connectivity index (χ0n) is 24.9. The number of hydrogen-bond donors (Lipinski definition) is 1. The van der Waals surface area contributed by atoms with Crippen molar-refractivity contribution in [1.29, 1.82) is 0 Å². The zero-order chi connectivity index (χ0) is 30.7. The Hall–Kier alpha value is -4.01. The molecule has 1 saturated heterocycles. The standard InChI is InChI=1S/C34H36ClFN4O3/c1-34(2,3)40-31(24-9-11-27(36)12-10-24)29(20-37-40)32(41)38-28-13-14-30(35)26(19-28)21-39-17-15-23(16-18-39)22-5-7-25(8-6-22)33(42)43-4/h5-14,19-20,23H,15-18,21H2,1-4H3,(H,38,41). The molecule has 1 fully saturated rings. The summed E-state index contributed by atoms with van der Waals surface area (Å²) in [5.74, 6) is -0.552. The fourth-order valence-corrected chi connectivity index (χ4v) is 5.73. The Morgan fingerprint density at radius 1 is 1.02 bits per heavy atom. The van der Waals surface area contributed by atoms with Crippen LogP contribution in [0.1, 0.15) is 71.4 Å². The van der Waals surface area contributed by atoms with Gasteiger partial charge in [0, 0.05) is 22.8 Å². The molecule has 0 spiro atoms. The largest absolute Gasteiger partial charge is 0.465 e. The number of amides is 1. The molecule has 9 heteroatoms. The van der Waals surface area contributed by atoms with Gasteiger partial charge in [0.05, 0.1) is 35.7 Å². The minimum Gasteiger partial charge on any atom is -0.465 e. The molecule has 224 valence electrons. The van der Waals surface area contributed by atoms with E-state index in [2.05, 4.69) is 15.3 Å². The van der Waals surface area contributed by atoms with Crippen LogP contribution < -0.4 is 5.32 Å². The van der Waals surface area contributed by atoms with E-state index in [-0.39, 0.29) is 17.7 Å². The summed E-state index contributed by atoms with van der Waals surface area (Å²) in [7, 11) is 1.39. The Morgan fingerprint density at radius 3 is 2.33 bits per heavy atom. The lowest BCUT2D eigenvalue weighted by Gasteiger charge is -2.32. The van der Waals surface area contributed by atoms with E-state index in [0.717, 1.165) is 31.5 Å². The van der Waals surface area contributed by atoms with Gasteiger partial charge in [-0.15, -0.1) is 0 Å². The average Bonchev–Trinajstić information content (AvgIpc) is 3.46. The van der Waals surface area contributed by atoms with Crippen LogP contribution in [0.25, 0.3) is 11.3 Å². The second-order valence-corrected chi connectivity index (χ2v) is 12.3. The quantitative estimate of drug-likeness (QED) is 0.221. The van der Waals surface area contributed by atoms with Gasteiger partial charge >= 0.3 is 5.97 Å². The molecule has 1 aliphatic heterocycles. The van der Waals surface area contributed by atoms with Crippen molar-refractivity contribution in [2.75, 3.05) is 25.5 Å².